The Morgan fingerprint density at radius 2 is 1.68 bits per heavy atom. The van der Waals surface area contributed by atoms with Gasteiger partial charge in [-0.05, 0) is 18.1 Å². The second-order valence-electron chi connectivity index (χ2n) is 9.18. The molecule has 0 bridgehead atoms. The number of benzodiazepines with no additional fused rings is 1. The largest absolute Gasteiger partial charge is 0.495 e. The molecule has 4 rings (SSSR count). The summed E-state index contributed by atoms with van der Waals surface area (Å²) in [4.78, 5) is 43.9. The second kappa shape index (κ2) is 12.0. The van der Waals surface area contributed by atoms with Gasteiger partial charge in [0.25, 0.3) is 5.91 Å². The molecule has 3 aromatic carbocycles. The molecule has 40 heavy (non-hydrogen) atoms. The maximum absolute atomic E-state index is 13.6. The summed E-state index contributed by atoms with van der Waals surface area (Å²) < 4.78 is 45.1. The summed E-state index contributed by atoms with van der Waals surface area (Å²) in [7, 11) is 1.43. The highest BCUT2D eigenvalue weighted by Gasteiger charge is 2.39. The lowest BCUT2D eigenvalue weighted by Crippen LogP contribution is -2.47. The zero-order valence-electron chi connectivity index (χ0n) is 21.4. The molecule has 0 saturated carbocycles. The number of hydrogen-bond acceptors (Lipinski definition) is 5. The maximum Gasteiger partial charge on any atom is 0.389 e. The Bertz CT molecular complexity index is 1410. The van der Waals surface area contributed by atoms with E-state index in [1.807, 2.05) is 0 Å². The van der Waals surface area contributed by atoms with Crippen molar-refractivity contribution in [2.45, 2.75) is 31.1 Å². The van der Waals surface area contributed by atoms with E-state index in [9.17, 15) is 27.6 Å². The van der Waals surface area contributed by atoms with Gasteiger partial charge < -0.3 is 21.1 Å². The first kappa shape index (κ1) is 28.3. The Labute approximate surface area is 228 Å². The molecule has 1 aliphatic rings. The normalized spacial score (nSPS) is 16.4. The van der Waals surface area contributed by atoms with E-state index in [1.54, 1.807) is 66.7 Å². The van der Waals surface area contributed by atoms with Gasteiger partial charge in [-0.2, -0.15) is 13.2 Å². The fourth-order valence-corrected chi connectivity index (χ4v) is 4.67. The fourth-order valence-electron chi connectivity index (χ4n) is 4.67. The highest BCUT2D eigenvalue weighted by Crippen LogP contribution is 2.35. The predicted octanol–water partition coefficient (Wildman–Crippen LogP) is 4.15. The van der Waals surface area contributed by atoms with E-state index < -0.39 is 54.7 Å². The second-order valence-corrected chi connectivity index (χ2v) is 9.18. The van der Waals surface area contributed by atoms with Crippen LogP contribution in [0.1, 0.15) is 35.4 Å². The van der Waals surface area contributed by atoms with E-state index in [-0.39, 0.29) is 5.56 Å². The zero-order chi connectivity index (χ0) is 28.9. The average Bonchev–Trinajstić information content (AvgIpc) is 3.07. The predicted molar refractivity (Wildman–Crippen MR) is 143 cm³/mol. The van der Waals surface area contributed by atoms with Crippen molar-refractivity contribution in [3.63, 3.8) is 0 Å². The van der Waals surface area contributed by atoms with Crippen LogP contribution in [0.4, 0.5) is 18.9 Å². The number of methoxy groups -OCH3 is 1. The van der Waals surface area contributed by atoms with E-state index >= 15 is 0 Å². The first-order valence-electron chi connectivity index (χ1n) is 12.4. The van der Waals surface area contributed by atoms with Gasteiger partial charge in [-0.1, -0.05) is 72.8 Å². The van der Waals surface area contributed by atoms with Crippen molar-refractivity contribution in [3.05, 3.63) is 95.6 Å². The molecule has 3 aromatic rings. The molecule has 1 aliphatic heterocycles. The lowest BCUT2D eigenvalue weighted by atomic mass is 9.81. The molecule has 0 spiro atoms. The molecule has 208 valence electrons. The van der Waals surface area contributed by atoms with Crippen LogP contribution in [0.3, 0.4) is 0 Å². The van der Waals surface area contributed by atoms with Crippen molar-refractivity contribution in [2.75, 3.05) is 12.4 Å². The summed E-state index contributed by atoms with van der Waals surface area (Å²) in [6.45, 7) is 0. The number of para-hydroxylation sites is 1. The summed E-state index contributed by atoms with van der Waals surface area (Å²) in [5, 5.41) is 5.18. The van der Waals surface area contributed by atoms with E-state index in [4.69, 9.17) is 10.5 Å². The number of benzene rings is 3. The van der Waals surface area contributed by atoms with E-state index in [0.29, 0.717) is 28.3 Å². The smallest absolute Gasteiger partial charge is 0.389 e. The highest BCUT2D eigenvalue weighted by atomic mass is 19.4. The molecule has 3 amide bonds. The quantitative estimate of drug-likeness (QED) is 0.369. The molecule has 4 N–H and O–H groups in total. The molecular formula is C29H27F3N4O4. The number of rotatable bonds is 9. The number of fused-ring (bicyclic) bond motifs is 1. The first-order chi connectivity index (χ1) is 19.1. The van der Waals surface area contributed by atoms with Gasteiger partial charge in [0, 0.05) is 17.5 Å². The van der Waals surface area contributed by atoms with Gasteiger partial charge >= 0.3 is 6.18 Å². The van der Waals surface area contributed by atoms with Crippen LogP contribution in [0.2, 0.25) is 0 Å². The van der Waals surface area contributed by atoms with Crippen LogP contribution in [0.15, 0.2) is 83.9 Å². The molecule has 0 radical (unpaired) electrons. The number of alkyl halides is 3. The molecule has 1 heterocycles. The lowest BCUT2D eigenvalue weighted by molar-refractivity contribution is -0.144. The van der Waals surface area contributed by atoms with Crippen LogP contribution in [0.25, 0.3) is 0 Å². The summed E-state index contributed by atoms with van der Waals surface area (Å²) in [6, 6.07) is 21.8. The number of halogens is 3. The minimum absolute atomic E-state index is 0.285. The van der Waals surface area contributed by atoms with Crippen molar-refractivity contribution in [3.8, 4) is 5.75 Å². The standard InChI is InChI=1S/C29H27F3N4O4/c1-40-21-14-8-13-20-23(18-11-6-3-7-12-18)34-26(28(39)35-24(20)21)36-27(38)19(15-16-29(30,31)32)22(25(33)37)17-9-4-2-5-10-17/h2-14,19,22,26H,15-16H2,1H3,(H2,33,37)(H,35,39)(H,36,38)/t19-,22+,26-/m1/s1. The fraction of sp³-hybridized carbons (Fsp3) is 0.241. The minimum Gasteiger partial charge on any atom is -0.495 e. The molecular weight excluding hydrogens is 525 g/mol. The van der Waals surface area contributed by atoms with Crippen molar-refractivity contribution in [1.29, 1.82) is 0 Å². The molecule has 0 saturated heterocycles. The topological polar surface area (TPSA) is 123 Å². The van der Waals surface area contributed by atoms with Crippen molar-refractivity contribution >= 4 is 29.1 Å². The Morgan fingerprint density at radius 1 is 1.02 bits per heavy atom. The monoisotopic (exact) mass is 552 g/mol. The van der Waals surface area contributed by atoms with Gasteiger partial charge in [0.2, 0.25) is 18.0 Å². The van der Waals surface area contributed by atoms with Gasteiger partial charge in [0.1, 0.15) is 5.75 Å². The molecule has 8 nitrogen and oxygen atoms in total. The average molecular weight is 553 g/mol. The molecule has 0 aromatic heterocycles. The number of carbonyl (C=O) groups is 3. The number of aliphatic imine (C=N–C) groups is 1. The summed E-state index contributed by atoms with van der Waals surface area (Å²) in [5.41, 5.74) is 7.70. The lowest BCUT2D eigenvalue weighted by Gasteiger charge is -2.26. The third-order valence-electron chi connectivity index (χ3n) is 6.53. The Hall–Kier alpha value is -4.67. The van der Waals surface area contributed by atoms with Gasteiger partial charge in [0.05, 0.1) is 30.3 Å². The maximum atomic E-state index is 13.6. The Morgan fingerprint density at radius 3 is 2.27 bits per heavy atom. The van der Waals surface area contributed by atoms with E-state index in [1.165, 1.54) is 19.2 Å². The summed E-state index contributed by atoms with van der Waals surface area (Å²) in [5.74, 6) is -5.22. The molecule has 3 atom stereocenters. The third kappa shape index (κ3) is 6.48. The zero-order valence-corrected chi connectivity index (χ0v) is 21.4. The van der Waals surface area contributed by atoms with Gasteiger partial charge in [-0.15, -0.1) is 0 Å². The SMILES string of the molecule is COc1cccc2c1NC(=O)[C@@H](NC(=O)[C@H](CCC(F)(F)F)[C@@H](C(N)=O)c1ccccc1)N=C2c1ccccc1. The number of anilines is 1. The van der Waals surface area contributed by atoms with Crippen molar-refractivity contribution in [2.24, 2.45) is 16.6 Å². The van der Waals surface area contributed by atoms with Crippen molar-refractivity contribution < 1.29 is 32.3 Å². The summed E-state index contributed by atoms with van der Waals surface area (Å²) >= 11 is 0. The van der Waals surface area contributed by atoms with Crippen LogP contribution in [0.5, 0.6) is 5.75 Å². The molecule has 0 unspecified atom stereocenters. The highest BCUT2D eigenvalue weighted by molar-refractivity contribution is 6.20. The van der Waals surface area contributed by atoms with Crippen LogP contribution in [-0.4, -0.2) is 42.9 Å². The summed E-state index contributed by atoms with van der Waals surface area (Å²) in [6.07, 6.45) is -8.18. The third-order valence-corrected chi connectivity index (χ3v) is 6.53. The molecule has 11 heteroatoms. The van der Waals surface area contributed by atoms with Crippen LogP contribution < -0.4 is 21.1 Å². The molecule has 0 aliphatic carbocycles. The van der Waals surface area contributed by atoms with Crippen molar-refractivity contribution in [1.82, 2.24) is 5.32 Å². The Balaban J connectivity index is 1.74. The number of ether oxygens (including phenoxy) is 1. The van der Waals surface area contributed by atoms with Crippen LogP contribution >= 0.6 is 0 Å². The van der Waals surface area contributed by atoms with Gasteiger partial charge in [0.15, 0.2) is 0 Å². The number of hydrogen-bond donors (Lipinski definition) is 3. The first-order valence-corrected chi connectivity index (χ1v) is 12.4. The number of nitrogens with zero attached hydrogens (tertiary/aromatic N) is 1. The number of amides is 3. The van der Waals surface area contributed by atoms with Gasteiger partial charge in [-0.25, -0.2) is 4.99 Å². The molecule has 0 fully saturated rings. The number of primary amides is 1. The Kier molecular flexibility index (Phi) is 8.52. The minimum atomic E-state index is -4.59. The van der Waals surface area contributed by atoms with E-state index in [2.05, 4.69) is 15.6 Å². The van der Waals surface area contributed by atoms with E-state index in [0.717, 1.165) is 0 Å². The van der Waals surface area contributed by atoms with Crippen LogP contribution in [-0.2, 0) is 14.4 Å². The number of carbonyl (C=O) groups excluding carboxylic acids is 3. The number of nitrogens with two attached hydrogens (primary N) is 1. The van der Waals surface area contributed by atoms with Crippen LogP contribution in [0, 0.1) is 5.92 Å². The van der Waals surface area contributed by atoms with Gasteiger partial charge in [-0.3, -0.25) is 14.4 Å². The number of nitrogens with one attached hydrogen (secondary N) is 2.